The van der Waals surface area contributed by atoms with Gasteiger partial charge in [0.25, 0.3) is 0 Å². The minimum atomic E-state index is -4.50. The zero-order valence-electron chi connectivity index (χ0n) is 6.95. The maximum absolute atomic E-state index is 12.3. The van der Waals surface area contributed by atoms with E-state index in [4.69, 9.17) is 0 Å². The van der Waals surface area contributed by atoms with Gasteiger partial charge in [0.05, 0.1) is 0 Å². The molecule has 0 N–H and O–H groups in total. The Labute approximate surface area is 78.1 Å². The lowest BCUT2D eigenvalue weighted by Gasteiger charge is -2.07. The van der Waals surface area contributed by atoms with Crippen molar-refractivity contribution < 1.29 is 18.0 Å². The average molecular weight is 201 g/mol. The molecule has 0 aromatic carbocycles. The number of aromatic nitrogens is 1. The normalized spacial score (nSPS) is 11.9. The molecule has 0 radical (unpaired) electrons. The van der Waals surface area contributed by atoms with E-state index in [2.05, 4.69) is 4.98 Å². The smallest absolute Gasteiger partial charge is 0.299 e. The Kier molecular flexibility index (Phi) is 3.01. The van der Waals surface area contributed by atoms with Crippen molar-refractivity contribution in [3.05, 3.63) is 35.7 Å². The van der Waals surface area contributed by atoms with E-state index in [0.717, 1.165) is 18.3 Å². The number of carbonyl (C=O) groups is 1. The van der Waals surface area contributed by atoms with Crippen LogP contribution in [0, 0.1) is 0 Å². The molecular weight excluding hydrogens is 195 g/mol. The van der Waals surface area contributed by atoms with Crippen LogP contribution in [0.15, 0.2) is 24.4 Å². The fourth-order valence-corrected chi connectivity index (χ4v) is 0.932. The number of carbonyl (C=O) groups excluding carboxylic acids is 1. The lowest BCUT2D eigenvalue weighted by atomic mass is 10.2. The molecule has 0 fully saturated rings. The van der Waals surface area contributed by atoms with Crippen LogP contribution >= 0.6 is 0 Å². The minimum absolute atomic E-state index is 0.118. The van der Waals surface area contributed by atoms with Crippen LogP contribution in [0.3, 0.4) is 0 Å². The topological polar surface area (TPSA) is 30.0 Å². The van der Waals surface area contributed by atoms with Crippen molar-refractivity contribution in [2.75, 3.05) is 0 Å². The number of pyridine rings is 1. The van der Waals surface area contributed by atoms with Crippen molar-refractivity contribution in [3.8, 4) is 0 Å². The van der Waals surface area contributed by atoms with Crippen LogP contribution in [-0.2, 0) is 11.0 Å². The quantitative estimate of drug-likeness (QED) is 0.542. The molecular formula is C9H6F3NO. The predicted octanol–water partition coefficient (Wildman–Crippen LogP) is 2.31. The number of allylic oxidation sites excluding steroid dienone is 1. The summed E-state index contributed by atoms with van der Waals surface area (Å²) in [5, 5.41) is 0. The third-order valence-corrected chi connectivity index (χ3v) is 1.46. The summed E-state index contributed by atoms with van der Waals surface area (Å²) < 4.78 is 36.9. The largest absolute Gasteiger partial charge is 0.433 e. The van der Waals surface area contributed by atoms with E-state index in [1.54, 1.807) is 0 Å². The summed E-state index contributed by atoms with van der Waals surface area (Å²) >= 11 is 0. The van der Waals surface area contributed by atoms with Crippen LogP contribution in [0.2, 0.25) is 0 Å². The van der Waals surface area contributed by atoms with Gasteiger partial charge in [-0.3, -0.25) is 9.78 Å². The Hall–Kier alpha value is -1.65. The zero-order chi connectivity index (χ0) is 10.6. The molecule has 0 saturated heterocycles. The van der Waals surface area contributed by atoms with Crippen LogP contribution in [0.5, 0.6) is 0 Å². The maximum Gasteiger partial charge on any atom is 0.433 e. The van der Waals surface area contributed by atoms with Crippen LogP contribution in [-0.4, -0.2) is 11.3 Å². The van der Waals surface area contributed by atoms with Gasteiger partial charge >= 0.3 is 6.18 Å². The summed E-state index contributed by atoms with van der Waals surface area (Å²) in [5.41, 5.74) is -1.11. The standard InChI is InChI=1S/C9H6F3NO/c10-9(11,12)8-7(4-2-6-14)3-1-5-13-8/h1-6H. The van der Waals surface area contributed by atoms with Crippen LogP contribution in [0.4, 0.5) is 13.2 Å². The Morgan fingerprint density at radius 2 is 2.07 bits per heavy atom. The third kappa shape index (κ3) is 2.42. The van der Waals surface area contributed by atoms with Gasteiger partial charge in [-0.1, -0.05) is 6.07 Å². The molecule has 14 heavy (non-hydrogen) atoms. The second-order valence-electron chi connectivity index (χ2n) is 2.43. The molecule has 1 aromatic heterocycles. The fraction of sp³-hybridized carbons (Fsp3) is 0.111. The lowest BCUT2D eigenvalue weighted by molar-refractivity contribution is -0.141. The first-order valence-electron chi connectivity index (χ1n) is 3.70. The molecule has 0 spiro atoms. The first-order chi connectivity index (χ1) is 6.55. The molecule has 0 saturated carbocycles. The van der Waals surface area contributed by atoms with E-state index in [0.29, 0.717) is 6.29 Å². The number of halogens is 3. The molecule has 0 amide bonds. The van der Waals surface area contributed by atoms with Crippen molar-refractivity contribution in [2.24, 2.45) is 0 Å². The summed E-state index contributed by atoms with van der Waals surface area (Å²) in [6, 6.07) is 2.62. The summed E-state index contributed by atoms with van der Waals surface area (Å²) in [4.78, 5) is 13.2. The van der Waals surface area contributed by atoms with Gasteiger partial charge in [0.1, 0.15) is 6.29 Å². The molecule has 1 heterocycles. The highest BCUT2D eigenvalue weighted by Crippen LogP contribution is 2.30. The van der Waals surface area contributed by atoms with E-state index in [1.807, 2.05) is 0 Å². The van der Waals surface area contributed by atoms with E-state index < -0.39 is 11.9 Å². The number of hydrogen-bond acceptors (Lipinski definition) is 2. The van der Waals surface area contributed by atoms with Gasteiger partial charge in [0, 0.05) is 11.8 Å². The minimum Gasteiger partial charge on any atom is -0.299 e. The molecule has 1 rings (SSSR count). The van der Waals surface area contributed by atoms with Crippen molar-refractivity contribution in [1.82, 2.24) is 4.98 Å². The van der Waals surface area contributed by atoms with Gasteiger partial charge in [-0.25, -0.2) is 0 Å². The van der Waals surface area contributed by atoms with Crippen molar-refractivity contribution >= 4 is 12.4 Å². The Morgan fingerprint density at radius 1 is 1.36 bits per heavy atom. The SMILES string of the molecule is O=CC=Cc1cccnc1C(F)(F)F. The van der Waals surface area contributed by atoms with E-state index in [1.165, 1.54) is 12.1 Å². The Balaban J connectivity index is 3.16. The lowest BCUT2D eigenvalue weighted by Crippen LogP contribution is -2.09. The summed E-state index contributed by atoms with van der Waals surface area (Å²) in [6.45, 7) is 0. The molecule has 0 bridgehead atoms. The van der Waals surface area contributed by atoms with Gasteiger partial charge < -0.3 is 0 Å². The van der Waals surface area contributed by atoms with Gasteiger partial charge in [-0.05, 0) is 18.2 Å². The molecule has 1 aromatic rings. The highest BCUT2D eigenvalue weighted by Gasteiger charge is 2.34. The van der Waals surface area contributed by atoms with Gasteiger partial charge in [-0.15, -0.1) is 0 Å². The van der Waals surface area contributed by atoms with E-state index in [9.17, 15) is 18.0 Å². The second kappa shape index (κ2) is 4.04. The van der Waals surface area contributed by atoms with E-state index >= 15 is 0 Å². The van der Waals surface area contributed by atoms with Crippen LogP contribution in [0.25, 0.3) is 6.08 Å². The monoisotopic (exact) mass is 201 g/mol. The van der Waals surface area contributed by atoms with Crippen LogP contribution < -0.4 is 0 Å². The third-order valence-electron chi connectivity index (χ3n) is 1.46. The van der Waals surface area contributed by atoms with Crippen molar-refractivity contribution in [2.45, 2.75) is 6.18 Å². The molecule has 0 aliphatic carbocycles. The van der Waals surface area contributed by atoms with Crippen molar-refractivity contribution in [3.63, 3.8) is 0 Å². The van der Waals surface area contributed by atoms with Crippen molar-refractivity contribution in [1.29, 1.82) is 0 Å². The Morgan fingerprint density at radius 3 is 2.64 bits per heavy atom. The number of aldehydes is 1. The van der Waals surface area contributed by atoms with Gasteiger partial charge in [-0.2, -0.15) is 13.2 Å². The number of rotatable bonds is 2. The first-order valence-corrected chi connectivity index (χ1v) is 3.70. The number of alkyl halides is 3. The Bertz CT molecular complexity index is 357. The van der Waals surface area contributed by atoms with E-state index in [-0.39, 0.29) is 5.56 Å². The summed E-state index contributed by atoms with van der Waals surface area (Å²) in [5.74, 6) is 0. The number of nitrogens with zero attached hydrogens (tertiary/aromatic N) is 1. The first kappa shape index (κ1) is 10.4. The highest BCUT2D eigenvalue weighted by atomic mass is 19.4. The summed E-state index contributed by atoms with van der Waals surface area (Å²) in [6.07, 6.45) is -0.965. The molecule has 0 aliphatic heterocycles. The highest BCUT2D eigenvalue weighted by molar-refractivity contribution is 5.74. The number of hydrogen-bond donors (Lipinski definition) is 0. The molecule has 0 aliphatic rings. The maximum atomic E-state index is 12.3. The van der Waals surface area contributed by atoms with Crippen LogP contribution in [0.1, 0.15) is 11.3 Å². The molecule has 5 heteroatoms. The van der Waals surface area contributed by atoms with Gasteiger partial charge in [0.2, 0.25) is 0 Å². The second-order valence-corrected chi connectivity index (χ2v) is 2.43. The average Bonchev–Trinajstić information content (AvgIpc) is 2.14. The fourth-order valence-electron chi connectivity index (χ4n) is 0.932. The predicted molar refractivity (Wildman–Crippen MR) is 44.3 cm³/mol. The molecule has 2 nitrogen and oxygen atoms in total. The molecule has 0 atom stereocenters. The zero-order valence-corrected chi connectivity index (χ0v) is 6.95. The molecule has 74 valence electrons. The van der Waals surface area contributed by atoms with Gasteiger partial charge in [0.15, 0.2) is 5.69 Å². The molecule has 0 unspecified atom stereocenters. The summed E-state index contributed by atoms with van der Waals surface area (Å²) in [7, 11) is 0.